The molecule has 0 radical (unpaired) electrons. The fourth-order valence-electron chi connectivity index (χ4n) is 4.23. The molecule has 0 fully saturated rings. The van der Waals surface area contributed by atoms with Gasteiger partial charge in [0.05, 0.1) is 28.9 Å². The minimum absolute atomic E-state index is 0.0505. The number of rotatable bonds is 6. The maximum absolute atomic E-state index is 15.0. The Balaban J connectivity index is 1.82. The van der Waals surface area contributed by atoms with Crippen molar-refractivity contribution < 1.29 is 4.39 Å². The van der Waals surface area contributed by atoms with Crippen LogP contribution in [0.5, 0.6) is 0 Å². The molecule has 0 spiro atoms. The highest BCUT2D eigenvalue weighted by Crippen LogP contribution is 2.36. The average molecular weight is 411 g/mol. The number of nitrogens with zero attached hydrogens (tertiary/aromatic N) is 5. The Kier molecular flexibility index (Phi) is 5.91. The topological polar surface area (TPSA) is 77.2 Å². The fraction of sp³-hybridized carbons (Fsp3) is 0.280. The smallest absolute Gasteiger partial charge is 0.148 e. The van der Waals surface area contributed by atoms with E-state index in [0.717, 1.165) is 61.3 Å². The molecule has 2 aromatic carbocycles. The fourth-order valence-corrected chi connectivity index (χ4v) is 4.23. The van der Waals surface area contributed by atoms with Crippen molar-refractivity contribution >= 4 is 17.0 Å². The summed E-state index contributed by atoms with van der Waals surface area (Å²) in [6.07, 6.45) is 8.92. The molecule has 154 valence electrons. The molecule has 0 saturated carbocycles. The van der Waals surface area contributed by atoms with Crippen LogP contribution in [0.4, 0.5) is 4.39 Å². The van der Waals surface area contributed by atoms with Gasteiger partial charge in [0.15, 0.2) is 0 Å². The van der Waals surface area contributed by atoms with Crippen molar-refractivity contribution in [2.45, 2.75) is 32.1 Å². The maximum Gasteiger partial charge on any atom is 0.148 e. The first-order chi connectivity index (χ1) is 15.2. The molecule has 1 heterocycles. The Morgan fingerprint density at radius 3 is 2.68 bits per heavy atom. The maximum atomic E-state index is 15.0. The lowest BCUT2D eigenvalue weighted by atomic mass is 9.98. The van der Waals surface area contributed by atoms with Crippen molar-refractivity contribution in [1.29, 1.82) is 10.5 Å². The molecule has 6 heteroatoms. The zero-order chi connectivity index (χ0) is 21.8. The number of hydrogen-bond acceptors (Lipinski definition) is 4. The third kappa shape index (κ3) is 3.85. The van der Waals surface area contributed by atoms with E-state index in [9.17, 15) is 10.5 Å². The molecule has 0 saturated heterocycles. The summed E-state index contributed by atoms with van der Waals surface area (Å²) in [6.45, 7) is 0.745. The molecule has 1 aliphatic rings. The number of benzene rings is 2. The summed E-state index contributed by atoms with van der Waals surface area (Å²) >= 11 is 0. The lowest BCUT2D eigenvalue weighted by Gasteiger charge is -2.13. The second kappa shape index (κ2) is 8.93. The van der Waals surface area contributed by atoms with E-state index in [-0.39, 0.29) is 11.1 Å². The number of aryl methyl sites for hydroxylation is 2. The molecule has 3 aromatic rings. The van der Waals surface area contributed by atoms with Crippen LogP contribution in [0.3, 0.4) is 0 Å². The number of hydrogen-bond donors (Lipinski definition) is 0. The van der Waals surface area contributed by atoms with Crippen LogP contribution in [-0.2, 0) is 12.8 Å². The first-order valence-corrected chi connectivity index (χ1v) is 10.4. The molecule has 0 unspecified atom stereocenters. The van der Waals surface area contributed by atoms with Gasteiger partial charge in [-0.1, -0.05) is 12.1 Å². The monoisotopic (exact) mass is 411 g/mol. The van der Waals surface area contributed by atoms with Gasteiger partial charge in [0.25, 0.3) is 0 Å². The Morgan fingerprint density at radius 1 is 1.10 bits per heavy atom. The predicted octanol–water partition coefficient (Wildman–Crippen LogP) is 5.88. The third-order valence-electron chi connectivity index (χ3n) is 5.70. The molecule has 0 aliphatic heterocycles. The van der Waals surface area contributed by atoms with Gasteiger partial charge in [-0.25, -0.2) is 4.39 Å². The Labute approximate surface area is 180 Å². The van der Waals surface area contributed by atoms with Crippen molar-refractivity contribution in [1.82, 2.24) is 4.57 Å². The van der Waals surface area contributed by atoms with E-state index in [1.807, 2.05) is 28.8 Å². The van der Waals surface area contributed by atoms with Crippen LogP contribution in [0.1, 0.15) is 47.2 Å². The van der Waals surface area contributed by atoms with Crippen molar-refractivity contribution in [3.63, 3.8) is 0 Å². The second-order valence-corrected chi connectivity index (χ2v) is 7.59. The van der Waals surface area contributed by atoms with E-state index in [0.29, 0.717) is 5.69 Å². The van der Waals surface area contributed by atoms with Crippen LogP contribution in [0.2, 0.25) is 0 Å². The minimum Gasteiger partial charge on any atom is -0.307 e. The highest BCUT2D eigenvalue weighted by Gasteiger charge is 2.21. The number of azo groups is 1. The van der Waals surface area contributed by atoms with Gasteiger partial charge in [-0.05, 0) is 73.6 Å². The molecule has 0 atom stereocenters. The summed E-state index contributed by atoms with van der Waals surface area (Å²) in [5.74, 6) is -0.511. The molecule has 0 amide bonds. The molecule has 4 rings (SSSR count). The van der Waals surface area contributed by atoms with Crippen LogP contribution >= 0.6 is 0 Å². The first kappa shape index (κ1) is 20.5. The quantitative estimate of drug-likeness (QED) is 0.375. The summed E-state index contributed by atoms with van der Waals surface area (Å²) in [4.78, 5) is 0. The Hall–Kier alpha value is -3.77. The number of fused-ring (bicyclic) bond motifs is 3. The van der Waals surface area contributed by atoms with Gasteiger partial charge in [0.1, 0.15) is 18.0 Å². The zero-order valence-corrected chi connectivity index (χ0v) is 17.4. The van der Waals surface area contributed by atoms with E-state index in [1.165, 1.54) is 17.2 Å². The van der Waals surface area contributed by atoms with Gasteiger partial charge in [-0.15, -0.1) is 0 Å². The molecule has 1 aliphatic carbocycles. The molecule has 31 heavy (non-hydrogen) atoms. The standard InChI is InChI=1S/C25H22FN5/c1-29-30-11-5-4-6-17-9-10-24-21(12-17)20-7-2-3-8-23(20)31(24)25-14-19(16-28)18(15-27)13-22(25)26/h3,8-10,12-14H,2,4-7,11H2,1H3. The van der Waals surface area contributed by atoms with Crippen molar-refractivity contribution in [2.24, 2.45) is 10.2 Å². The van der Waals surface area contributed by atoms with Crippen LogP contribution in [-0.4, -0.2) is 18.2 Å². The van der Waals surface area contributed by atoms with E-state index >= 15 is 4.39 Å². The summed E-state index contributed by atoms with van der Waals surface area (Å²) in [5.41, 5.74) is 4.81. The van der Waals surface area contributed by atoms with E-state index in [4.69, 9.17) is 0 Å². The van der Waals surface area contributed by atoms with Crippen LogP contribution in [0.15, 0.2) is 46.6 Å². The van der Waals surface area contributed by atoms with Crippen LogP contribution < -0.4 is 0 Å². The second-order valence-electron chi connectivity index (χ2n) is 7.59. The molecule has 5 nitrogen and oxygen atoms in total. The normalized spacial score (nSPS) is 12.8. The molecular formula is C25H22FN5. The first-order valence-electron chi connectivity index (χ1n) is 10.4. The number of nitriles is 2. The van der Waals surface area contributed by atoms with Gasteiger partial charge >= 0.3 is 0 Å². The summed E-state index contributed by atoms with van der Waals surface area (Å²) in [7, 11) is 1.69. The largest absolute Gasteiger partial charge is 0.307 e. The summed E-state index contributed by atoms with van der Waals surface area (Å²) in [5, 5.41) is 27.6. The van der Waals surface area contributed by atoms with Gasteiger partial charge in [-0.3, -0.25) is 0 Å². The van der Waals surface area contributed by atoms with Gasteiger partial charge in [0, 0.05) is 18.1 Å². The highest BCUT2D eigenvalue weighted by atomic mass is 19.1. The van der Waals surface area contributed by atoms with E-state index in [1.54, 1.807) is 7.05 Å². The molecule has 0 bridgehead atoms. The van der Waals surface area contributed by atoms with Crippen LogP contribution in [0.25, 0.3) is 22.7 Å². The number of aromatic nitrogens is 1. The SMILES string of the molecule is CN=NCCCCc1ccc2c(c1)c1c(n2-c2cc(C#N)c(C#N)cc2F)C=CCC1. The average Bonchev–Trinajstić information content (AvgIpc) is 3.12. The lowest BCUT2D eigenvalue weighted by molar-refractivity contribution is 0.618. The van der Waals surface area contributed by atoms with Crippen molar-refractivity contribution in [3.05, 3.63) is 70.2 Å². The summed E-state index contributed by atoms with van der Waals surface area (Å²) in [6, 6.07) is 12.9. The molecule has 0 N–H and O–H groups in total. The van der Waals surface area contributed by atoms with E-state index < -0.39 is 5.82 Å². The van der Waals surface area contributed by atoms with Crippen molar-refractivity contribution in [3.8, 4) is 17.8 Å². The minimum atomic E-state index is -0.511. The Bertz CT molecular complexity index is 1280. The Morgan fingerprint density at radius 2 is 1.90 bits per heavy atom. The molecular weight excluding hydrogens is 389 g/mol. The highest BCUT2D eigenvalue weighted by molar-refractivity contribution is 5.91. The number of unbranched alkanes of at least 4 members (excludes halogenated alkanes) is 1. The van der Waals surface area contributed by atoms with Gasteiger partial charge in [0.2, 0.25) is 0 Å². The van der Waals surface area contributed by atoms with Crippen molar-refractivity contribution in [2.75, 3.05) is 13.6 Å². The third-order valence-corrected chi connectivity index (χ3v) is 5.70. The number of halogens is 1. The zero-order valence-electron chi connectivity index (χ0n) is 17.4. The molecule has 1 aromatic heterocycles. The van der Waals surface area contributed by atoms with Gasteiger partial charge < -0.3 is 4.57 Å². The number of allylic oxidation sites excluding steroid dienone is 1. The summed E-state index contributed by atoms with van der Waals surface area (Å²) < 4.78 is 16.9. The lowest BCUT2D eigenvalue weighted by Crippen LogP contribution is -2.04. The van der Waals surface area contributed by atoms with E-state index in [2.05, 4.69) is 28.4 Å². The predicted molar refractivity (Wildman–Crippen MR) is 119 cm³/mol. The van der Waals surface area contributed by atoms with Gasteiger partial charge in [-0.2, -0.15) is 20.8 Å². The van der Waals surface area contributed by atoms with Crippen LogP contribution in [0, 0.1) is 28.5 Å².